The zero-order valence-corrected chi connectivity index (χ0v) is 20.0. The van der Waals surface area contributed by atoms with Crippen LogP contribution in [0.3, 0.4) is 0 Å². The van der Waals surface area contributed by atoms with Crippen LogP contribution in [-0.2, 0) is 15.9 Å². The Bertz CT molecular complexity index is 1040. The molecule has 9 heteroatoms. The standard InChI is InChI=1S/C24H32N6O3/c1-16(32-6)11-19-21(26-15-27-22(19)29-23(31)33-24(2,3)4)18-12-28-30(14-18)20(13-25-5)17-9-7-8-10-17/h12-17H,7-11H2,1-4,6H3,(H,26,27,29,31)/b20-13-. The van der Waals surface area contributed by atoms with Crippen LogP contribution in [0.25, 0.3) is 21.8 Å². The number of carbonyl (C=O) groups excluding carboxylic acids is 1. The Kier molecular flexibility index (Phi) is 7.82. The molecule has 1 atom stereocenters. The van der Waals surface area contributed by atoms with Gasteiger partial charge in [0.15, 0.2) is 6.20 Å². The second-order valence-electron chi connectivity index (χ2n) is 9.26. The van der Waals surface area contributed by atoms with Crippen molar-refractivity contribution in [2.24, 2.45) is 5.92 Å². The Balaban J connectivity index is 1.98. The molecule has 2 heterocycles. The highest BCUT2D eigenvalue weighted by Gasteiger charge is 2.24. The summed E-state index contributed by atoms with van der Waals surface area (Å²) in [6.45, 7) is 14.7. The van der Waals surface area contributed by atoms with Crippen LogP contribution in [0.15, 0.2) is 24.9 Å². The average molecular weight is 453 g/mol. The highest BCUT2D eigenvalue weighted by molar-refractivity contribution is 5.86. The molecule has 0 saturated heterocycles. The third-order valence-electron chi connectivity index (χ3n) is 5.55. The van der Waals surface area contributed by atoms with Crippen LogP contribution in [0.4, 0.5) is 10.6 Å². The van der Waals surface area contributed by atoms with E-state index in [0.29, 0.717) is 23.9 Å². The fraction of sp³-hybridized carbons (Fsp3) is 0.542. The summed E-state index contributed by atoms with van der Waals surface area (Å²) < 4.78 is 12.6. The minimum Gasteiger partial charge on any atom is -0.444 e. The van der Waals surface area contributed by atoms with Crippen LogP contribution in [0, 0.1) is 12.5 Å². The summed E-state index contributed by atoms with van der Waals surface area (Å²) in [6, 6.07) is 0. The van der Waals surface area contributed by atoms with Crippen molar-refractivity contribution in [3.63, 3.8) is 0 Å². The Hall–Kier alpha value is -3.25. The van der Waals surface area contributed by atoms with Gasteiger partial charge in [0, 0.05) is 36.6 Å². The van der Waals surface area contributed by atoms with Crippen molar-refractivity contribution in [2.75, 3.05) is 12.4 Å². The van der Waals surface area contributed by atoms with Crippen molar-refractivity contribution >= 4 is 17.6 Å². The predicted octanol–water partition coefficient (Wildman–Crippen LogP) is 5.17. The fourth-order valence-electron chi connectivity index (χ4n) is 3.96. The molecule has 33 heavy (non-hydrogen) atoms. The molecule has 0 spiro atoms. The second kappa shape index (κ2) is 10.6. The number of methoxy groups -OCH3 is 1. The zero-order chi connectivity index (χ0) is 24.0. The molecule has 1 amide bonds. The van der Waals surface area contributed by atoms with E-state index in [1.54, 1.807) is 45.0 Å². The van der Waals surface area contributed by atoms with Crippen LogP contribution in [0.1, 0.15) is 58.9 Å². The van der Waals surface area contributed by atoms with Gasteiger partial charge in [-0.25, -0.2) is 19.6 Å². The number of nitrogens with zero attached hydrogens (tertiary/aromatic N) is 5. The largest absolute Gasteiger partial charge is 0.444 e. The number of carbonyl (C=O) groups is 1. The second-order valence-corrected chi connectivity index (χ2v) is 9.26. The Morgan fingerprint density at radius 2 is 2.09 bits per heavy atom. The first-order valence-electron chi connectivity index (χ1n) is 11.2. The van der Waals surface area contributed by atoms with Crippen LogP contribution in [0.5, 0.6) is 0 Å². The molecule has 2 aromatic heterocycles. The SMILES string of the molecule is [C-]#[N+]/C=C(/C1CCCC1)n1cc(-c2ncnc(NC(=O)OC(C)(C)C)c2CC(C)OC)cn1. The molecule has 176 valence electrons. The number of rotatable bonds is 7. The van der Waals surface area contributed by atoms with Gasteiger partial charge in [0.25, 0.3) is 0 Å². The monoisotopic (exact) mass is 452 g/mol. The van der Waals surface area contributed by atoms with E-state index in [0.717, 1.165) is 29.7 Å². The summed E-state index contributed by atoms with van der Waals surface area (Å²) in [4.78, 5) is 24.7. The molecular formula is C24H32N6O3. The van der Waals surface area contributed by atoms with Crippen LogP contribution < -0.4 is 5.32 Å². The molecule has 2 aromatic rings. The normalized spacial score (nSPS) is 15.8. The summed E-state index contributed by atoms with van der Waals surface area (Å²) >= 11 is 0. The van der Waals surface area contributed by atoms with Gasteiger partial charge in [-0.05, 0) is 46.5 Å². The van der Waals surface area contributed by atoms with Crippen molar-refractivity contribution in [2.45, 2.75) is 71.5 Å². The van der Waals surface area contributed by atoms with Gasteiger partial charge in [-0.15, -0.1) is 0 Å². The molecule has 1 aliphatic carbocycles. The van der Waals surface area contributed by atoms with Crippen molar-refractivity contribution in [3.8, 4) is 11.3 Å². The van der Waals surface area contributed by atoms with E-state index in [2.05, 4.69) is 25.2 Å². The quantitative estimate of drug-likeness (QED) is 0.582. The molecule has 3 rings (SSSR count). The highest BCUT2D eigenvalue weighted by atomic mass is 16.6. The molecule has 0 bridgehead atoms. The van der Waals surface area contributed by atoms with Gasteiger partial charge in [0.1, 0.15) is 17.7 Å². The van der Waals surface area contributed by atoms with Gasteiger partial charge in [0.2, 0.25) is 0 Å². The first-order valence-corrected chi connectivity index (χ1v) is 11.2. The molecule has 0 aromatic carbocycles. The summed E-state index contributed by atoms with van der Waals surface area (Å²) in [6.07, 6.45) is 10.8. The summed E-state index contributed by atoms with van der Waals surface area (Å²) in [5.74, 6) is 0.702. The van der Waals surface area contributed by atoms with Crippen molar-refractivity contribution < 1.29 is 14.3 Å². The number of nitrogens with one attached hydrogen (secondary N) is 1. The topological polar surface area (TPSA) is 95.5 Å². The minimum absolute atomic E-state index is 0.125. The van der Waals surface area contributed by atoms with E-state index in [1.807, 2.05) is 13.1 Å². The van der Waals surface area contributed by atoms with Crippen LogP contribution >= 0.6 is 0 Å². The molecule has 1 N–H and O–H groups in total. The first kappa shape index (κ1) is 24.4. The molecule has 1 saturated carbocycles. The van der Waals surface area contributed by atoms with E-state index in [9.17, 15) is 4.79 Å². The number of hydrogen-bond donors (Lipinski definition) is 1. The number of allylic oxidation sites excluding steroid dienone is 1. The summed E-state index contributed by atoms with van der Waals surface area (Å²) in [7, 11) is 1.64. The lowest BCUT2D eigenvalue weighted by molar-refractivity contribution is 0.0634. The van der Waals surface area contributed by atoms with Gasteiger partial charge < -0.3 is 9.47 Å². The molecule has 1 unspecified atom stereocenters. The van der Waals surface area contributed by atoms with Crippen molar-refractivity contribution in [1.29, 1.82) is 0 Å². The lowest BCUT2D eigenvalue weighted by atomic mass is 10.0. The number of ether oxygens (including phenoxy) is 2. The van der Waals surface area contributed by atoms with E-state index in [4.69, 9.17) is 16.0 Å². The Morgan fingerprint density at radius 1 is 1.36 bits per heavy atom. The molecule has 0 aliphatic heterocycles. The smallest absolute Gasteiger partial charge is 0.413 e. The van der Waals surface area contributed by atoms with Gasteiger partial charge in [-0.3, -0.25) is 10.00 Å². The maximum absolute atomic E-state index is 12.4. The lowest BCUT2D eigenvalue weighted by Gasteiger charge is -2.21. The molecule has 1 aliphatic rings. The molecule has 9 nitrogen and oxygen atoms in total. The van der Waals surface area contributed by atoms with Gasteiger partial charge in [-0.1, -0.05) is 12.8 Å². The van der Waals surface area contributed by atoms with E-state index < -0.39 is 11.7 Å². The maximum atomic E-state index is 12.4. The zero-order valence-electron chi connectivity index (χ0n) is 20.0. The van der Waals surface area contributed by atoms with Gasteiger partial charge in [0.05, 0.1) is 24.6 Å². The number of anilines is 1. The minimum atomic E-state index is -0.632. The molecule has 0 radical (unpaired) electrons. The van der Waals surface area contributed by atoms with Crippen molar-refractivity contribution in [1.82, 2.24) is 19.7 Å². The van der Waals surface area contributed by atoms with E-state index >= 15 is 0 Å². The van der Waals surface area contributed by atoms with Crippen LogP contribution in [-0.4, -0.2) is 44.7 Å². The Morgan fingerprint density at radius 3 is 2.73 bits per heavy atom. The van der Waals surface area contributed by atoms with E-state index in [1.165, 1.54) is 19.2 Å². The molecular weight excluding hydrogens is 420 g/mol. The first-order chi connectivity index (χ1) is 15.7. The maximum Gasteiger partial charge on any atom is 0.413 e. The molecule has 1 fully saturated rings. The van der Waals surface area contributed by atoms with E-state index in [-0.39, 0.29) is 6.10 Å². The predicted molar refractivity (Wildman–Crippen MR) is 126 cm³/mol. The lowest BCUT2D eigenvalue weighted by Crippen LogP contribution is -2.28. The number of amides is 1. The van der Waals surface area contributed by atoms with Gasteiger partial charge in [-0.2, -0.15) is 5.10 Å². The fourth-order valence-corrected chi connectivity index (χ4v) is 3.96. The average Bonchev–Trinajstić information content (AvgIpc) is 3.44. The van der Waals surface area contributed by atoms with Crippen molar-refractivity contribution in [3.05, 3.63) is 41.9 Å². The van der Waals surface area contributed by atoms with Crippen LogP contribution in [0.2, 0.25) is 0 Å². The number of aromatic nitrogens is 4. The number of hydrogen-bond acceptors (Lipinski definition) is 6. The third-order valence-corrected chi connectivity index (χ3v) is 5.55. The van der Waals surface area contributed by atoms with Gasteiger partial charge >= 0.3 is 6.09 Å². The Labute approximate surface area is 195 Å². The third kappa shape index (κ3) is 6.39. The summed E-state index contributed by atoms with van der Waals surface area (Å²) in [5, 5.41) is 7.29. The highest BCUT2D eigenvalue weighted by Crippen LogP contribution is 2.35. The summed E-state index contributed by atoms with van der Waals surface area (Å²) in [5.41, 5.74) is 2.43.